The molecule has 1 aromatic heterocycles. The Balaban J connectivity index is 1.86. The Hall–Kier alpha value is -2.73. The molecular weight excluding hydrogens is 324 g/mol. The van der Waals surface area contributed by atoms with E-state index in [9.17, 15) is 13.2 Å². The topological polar surface area (TPSA) is 76.1 Å². The summed E-state index contributed by atoms with van der Waals surface area (Å²) in [6.07, 6.45) is 3.12. The number of pyridine rings is 1. The van der Waals surface area contributed by atoms with Crippen LogP contribution in [0.5, 0.6) is 0 Å². The Morgan fingerprint density at radius 2 is 1.92 bits per heavy atom. The van der Waals surface area contributed by atoms with Crippen LogP contribution < -0.4 is 4.72 Å². The number of benzene rings is 2. The summed E-state index contributed by atoms with van der Waals surface area (Å²) in [7, 11) is -3.94. The first-order chi connectivity index (χ1) is 11.5. The number of fused-ring (bicyclic) bond motifs is 1. The quantitative estimate of drug-likeness (QED) is 0.792. The Morgan fingerprint density at radius 1 is 1.12 bits per heavy atom. The van der Waals surface area contributed by atoms with Gasteiger partial charge in [-0.2, -0.15) is 0 Å². The van der Waals surface area contributed by atoms with Crippen molar-refractivity contribution in [2.75, 3.05) is 0 Å². The first kappa shape index (κ1) is 16.1. The number of hydrogen-bond donors (Lipinski definition) is 1. The second-order valence-corrected chi connectivity index (χ2v) is 7.20. The van der Waals surface area contributed by atoms with Crippen LogP contribution in [0.3, 0.4) is 0 Å². The number of nitrogens with one attached hydrogen (secondary N) is 1. The van der Waals surface area contributed by atoms with E-state index in [4.69, 9.17) is 0 Å². The molecular formula is C18H16N2O3S. The summed E-state index contributed by atoms with van der Waals surface area (Å²) in [5, 5.41) is 1.23. The van der Waals surface area contributed by atoms with Gasteiger partial charge in [-0.15, -0.1) is 0 Å². The standard InChI is InChI=1S/C18H16N2O3S/c1-13-4-2-5-14(10-13)11-18(21)20-24(22,23)17-7-3-6-15-12-19-9-8-16(15)17/h2-10,12H,11H2,1H3,(H,20,21). The minimum atomic E-state index is -3.94. The smallest absolute Gasteiger partial charge is 0.264 e. The number of carbonyl (C=O) groups is 1. The average Bonchev–Trinajstić information content (AvgIpc) is 2.53. The maximum Gasteiger partial charge on any atom is 0.264 e. The Labute approximate surface area is 140 Å². The molecule has 24 heavy (non-hydrogen) atoms. The van der Waals surface area contributed by atoms with Crippen molar-refractivity contribution in [3.8, 4) is 0 Å². The van der Waals surface area contributed by atoms with E-state index in [1.54, 1.807) is 30.5 Å². The van der Waals surface area contributed by atoms with Crippen molar-refractivity contribution in [1.82, 2.24) is 9.71 Å². The molecule has 122 valence electrons. The number of hydrogen-bond acceptors (Lipinski definition) is 4. The summed E-state index contributed by atoms with van der Waals surface area (Å²) in [6.45, 7) is 1.92. The molecule has 3 rings (SSSR count). The molecule has 5 nitrogen and oxygen atoms in total. The van der Waals surface area contributed by atoms with Gasteiger partial charge in [0.2, 0.25) is 5.91 Å². The van der Waals surface area contributed by atoms with Crippen molar-refractivity contribution < 1.29 is 13.2 Å². The molecule has 1 heterocycles. The molecule has 0 saturated carbocycles. The molecule has 0 fully saturated rings. The number of carbonyl (C=O) groups excluding carboxylic acids is 1. The van der Waals surface area contributed by atoms with Crippen molar-refractivity contribution in [1.29, 1.82) is 0 Å². The highest BCUT2D eigenvalue weighted by atomic mass is 32.2. The summed E-state index contributed by atoms with van der Waals surface area (Å²) in [5.41, 5.74) is 1.79. The predicted molar refractivity (Wildman–Crippen MR) is 92.0 cm³/mol. The molecule has 0 atom stereocenters. The van der Waals surface area contributed by atoms with Crippen LogP contribution in [0.2, 0.25) is 0 Å². The monoisotopic (exact) mass is 340 g/mol. The normalized spacial score (nSPS) is 11.4. The van der Waals surface area contributed by atoms with Crippen LogP contribution >= 0.6 is 0 Å². The first-order valence-electron chi connectivity index (χ1n) is 7.40. The van der Waals surface area contributed by atoms with Crippen molar-refractivity contribution >= 4 is 26.7 Å². The van der Waals surface area contributed by atoms with Crippen LogP contribution in [0.1, 0.15) is 11.1 Å². The third-order valence-electron chi connectivity index (χ3n) is 3.63. The fourth-order valence-corrected chi connectivity index (χ4v) is 3.79. The minimum absolute atomic E-state index is 0.00717. The molecule has 6 heteroatoms. The van der Waals surface area contributed by atoms with Crippen LogP contribution in [-0.4, -0.2) is 19.3 Å². The fourth-order valence-electron chi connectivity index (χ4n) is 2.58. The van der Waals surface area contributed by atoms with Crippen molar-refractivity contribution in [3.63, 3.8) is 0 Å². The molecule has 1 N–H and O–H groups in total. The second-order valence-electron chi connectivity index (χ2n) is 5.55. The van der Waals surface area contributed by atoms with E-state index >= 15 is 0 Å². The second kappa shape index (κ2) is 6.41. The molecule has 0 aliphatic carbocycles. The zero-order valence-electron chi connectivity index (χ0n) is 13.1. The number of amides is 1. The van der Waals surface area contributed by atoms with Crippen LogP contribution in [-0.2, 0) is 21.2 Å². The first-order valence-corrected chi connectivity index (χ1v) is 8.88. The molecule has 0 unspecified atom stereocenters. The maximum absolute atomic E-state index is 12.6. The van der Waals surface area contributed by atoms with Gasteiger partial charge >= 0.3 is 0 Å². The van der Waals surface area contributed by atoms with Gasteiger partial charge < -0.3 is 0 Å². The van der Waals surface area contributed by atoms with Gasteiger partial charge in [0.15, 0.2) is 0 Å². The zero-order chi connectivity index (χ0) is 17.2. The largest absolute Gasteiger partial charge is 0.274 e. The van der Waals surface area contributed by atoms with Crippen molar-refractivity contribution in [2.24, 2.45) is 0 Å². The number of aromatic nitrogens is 1. The number of nitrogens with zero attached hydrogens (tertiary/aromatic N) is 1. The highest BCUT2D eigenvalue weighted by molar-refractivity contribution is 7.90. The molecule has 0 aliphatic heterocycles. The molecule has 0 aliphatic rings. The van der Waals surface area contributed by atoms with E-state index in [0.717, 1.165) is 11.1 Å². The average molecular weight is 340 g/mol. The van der Waals surface area contributed by atoms with Gasteiger partial charge in [-0.1, -0.05) is 42.0 Å². The van der Waals surface area contributed by atoms with Gasteiger partial charge in [0, 0.05) is 23.2 Å². The van der Waals surface area contributed by atoms with Crippen LogP contribution in [0, 0.1) is 6.92 Å². The third-order valence-corrected chi connectivity index (χ3v) is 5.06. The summed E-state index contributed by atoms with van der Waals surface area (Å²) < 4.78 is 27.3. The molecule has 0 bridgehead atoms. The summed E-state index contributed by atoms with van der Waals surface area (Å²) in [5.74, 6) is -0.563. The lowest BCUT2D eigenvalue weighted by molar-refractivity contribution is -0.118. The Morgan fingerprint density at radius 3 is 2.71 bits per heavy atom. The number of rotatable bonds is 4. The van der Waals surface area contributed by atoms with E-state index in [1.807, 2.05) is 25.1 Å². The fraction of sp³-hybridized carbons (Fsp3) is 0.111. The van der Waals surface area contributed by atoms with Gasteiger partial charge in [0.1, 0.15) is 0 Å². The maximum atomic E-state index is 12.6. The molecule has 0 radical (unpaired) electrons. The predicted octanol–water partition coefficient (Wildman–Crippen LogP) is 2.59. The van der Waals surface area contributed by atoms with Crippen LogP contribution in [0.4, 0.5) is 0 Å². The molecule has 0 saturated heterocycles. The van der Waals surface area contributed by atoms with Gasteiger partial charge in [-0.25, -0.2) is 13.1 Å². The Kier molecular flexibility index (Phi) is 4.31. The molecule has 0 spiro atoms. The lowest BCUT2D eigenvalue weighted by Crippen LogP contribution is -2.32. The highest BCUT2D eigenvalue weighted by Gasteiger charge is 2.20. The SMILES string of the molecule is Cc1cccc(CC(=O)NS(=O)(=O)c2cccc3cnccc23)c1. The zero-order valence-corrected chi connectivity index (χ0v) is 13.9. The van der Waals surface area contributed by atoms with Gasteiger partial charge in [-0.3, -0.25) is 9.78 Å². The van der Waals surface area contributed by atoms with Gasteiger partial charge in [0.25, 0.3) is 10.0 Å². The van der Waals surface area contributed by atoms with E-state index in [1.165, 1.54) is 12.3 Å². The van der Waals surface area contributed by atoms with Crippen LogP contribution in [0.15, 0.2) is 65.8 Å². The van der Waals surface area contributed by atoms with Crippen molar-refractivity contribution in [3.05, 3.63) is 72.1 Å². The number of aryl methyl sites for hydroxylation is 1. The van der Waals surface area contributed by atoms with Gasteiger partial charge in [-0.05, 0) is 24.6 Å². The molecule has 3 aromatic rings. The molecule has 2 aromatic carbocycles. The van der Waals surface area contributed by atoms with E-state index in [2.05, 4.69) is 9.71 Å². The van der Waals surface area contributed by atoms with E-state index < -0.39 is 15.9 Å². The summed E-state index contributed by atoms with van der Waals surface area (Å²) >= 11 is 0. The highest BCUT2D eigenvalue weighted by Crippen LogP contribution is 2.21. The van der Waals surface area contributed by atoms with E-state index in [-0.39, 0.29) is 11.3 Å². The lowest BCUT2D eigenvalue weighted by atomic mass is 10.1. The summed E-state index contributed by atoms with van der Waals surface area (Å²) in [6, 6.07) is 13.9. The summed E-state index contributed by atoms with van der Waals surface area (Å²) in [4.78, 5) is 16.2. The Bertz CT molecular complexity index is 1010. The lowest BCUT2D eigenvalue weighted by Gasteiger charge is -2.09. The van der Waals surface area contributed by atoms with Gasteiger partial charge in [0.05, 0.1) is 11.3 Å². The van der Waals surface area contributed by atoms with E-state index in [0.29, 0.717) is 10.8 Å². The van der Waals surface area contributed by atoms with Crippen LogP contribution in [0.25, 0.3) is 10.8 Å². The number of sulfonamides is 1. The minimum Gasteiger partial charge on any atom is -0.274 e. The molecule has 1 amide bonds. The van der Waals surface area contributed by atoms with Crippen molar-refractivity contribution in [2.45, 2.75) is 18.2 Å². The third kappa shape index (κ3) is 3.44.